The Morgan fingerprint density at radius 3 is 3.00 bits per heavy atom. The first-order valence-corrected chi connectivity index (χ1v) is 8.71. The summed E-state index contributed by atoms with van der Waals surface area (Å²) in [4.78, 5) is 15.6. The van der Waals surface area contributed by atoms with E-state index in [1.165, 1.54) is 11.5 Å². The fraction of sp³-hybridized carbons (Fsp3) is 0.471. The lowest BCUT2D eigenvalue weighted by Crippen LogP contribution is -2.32. The second-order valence-corrected chi connectivity index (χ2v) is 7.30. The highest BCUT2D eigenvalue weighted by atomic mass is 32.1. The van der Waals surface area contributed by atoms with Crippen molar-refractivity contribution in [2.75, 3.05) is 26.3 Å². The quantitative estimate of drug-likeness (QED) is 0.850. The largest absolute Gasteiger partial charge is 0.381 e. The van der Waals surface area contributed by atoms with Crippen molar-refractivity contribution < 1.29 is 9.53 Å². The van der Waals surface area contributed by atoms with Crippen molar-refractivity contribution >= 4 is 17.4 Å². The molecule has 1 aromatic heterocycles. The van der Waals surface area contributed by atoms with E-state index >= 15 is 0 Å². The first-order valence-electron chi connectivity index (χ1n) is 7.94. The molecular formula is C17H19N3O2S. The van der Waals surface area contributed by atoms with E-state index in [4.69, 9.17) is 4.74 Å². The number of ether oxygens (including phenoxy) is 1. The van der Waals surface area contributed by atoms with Crippen LogP contribution in [0.3, 0.4) is 0 Å². The molecule has 0 aliphatic carbocycles. The topological polar surface area (TPSA) is 55.3 Å². The molecule has 4 rings (SSSR count). The second kappa shape index (κ2) is 5.69. The molecule has 2 aromatic rings. The molecule has 0 bridgehead atoms. The molecule has 2 aliphatic rings. The van der Waals surface area contributed by atoms with Gasteiger partial charge in [-0.1, -0.05) is 28.8 Å². The molecule has 1 spiro atoms. The predicted molar refractivity (Wildman–Crippen MR) is 88.5 cm³/mol. The Morgan fingerprint density at radius 2 is 2.22 bits per heavy atom. The fourth-order valence-corrected chi connectivity index (χ4v) is 4.22. The van der Waals surface area contributed by atoms with Gasteiger partial charge in [0.2, 0.25) is 0 Å². The average Bonchev–Trinajstić information content (AvgIpc) is 3.30. The maximum atomic E-state index is 13.0. The number of rotatable bonds is 2. The smallest absolute Gasteiger partial charge is 0.267 e. The number of benzene rings is 1. The van der Waals surface area contributed by atoms with Gasteiger partial charge in [-0.15, -0.1) is 5.10 Å². The average molecular weight is 329 g/mol. The Labute approximate surface area is 139 Å². The zero-order chi connectivity index (χ0) is 15.9. The van der Waals surface area contributed by atoms with Crippen LogP contribution in [0.4, 0.5) is 0 Å². The van der Waals surface area contributed by atoms with Gasteiger partial charge in [0.05, 0.1) is 6.61 Å². The summed E-state index contributed by atoms with van der Waals surface area (Å²) in [5, 5.41) is 4.23. The van der Waals surface area contributed by atoms with Crippen molar-refractivity contribution in [2.24, 2.45) is 5.41 Å². The summed E-state index contributed by atoms with van der Waals surface area (Å²) < 4.78 is 9.59. The highest BCUT2D eigenvalue weighted by Gasteiger charge is 2.43. The molecule has 2 saturated heterocycles. The lowest BCUT2D eigenvalue weighted by atomic mass is 9.87. The standard InChI is InChI=1S/C17H19N3O2S/c1-12-4-2-3-5-13(12)14-15(23-19-18-14)16(21)20-8-6-17(10-20)7-9-22-11-17/h2-5H,6-11H2,1H3. The van der Waals surface area contributed by atoms with E-state index < -0.39 is 0 Å². The Hall–Kier alpha value is -1.79. The molecule has 1 unspecified atom stereocenters. The number of carbonyl (C=O) groups is 1. The SMILES string of the molecule is Cc1ccccc1-c1nnsc1C(=O)N1CCC2(CCOC2)C1. The third kappa shape index (κ3) is 2.56. The highest BCUT2D eigenvalue weighted by molar-refractivity contribution is 7.08. The molecule has 2 aliphatic heterocycles. The molecule has 0 radical (unpaired) electrons. The number of aryl methyl sites for hydroxylation is 1. The van der Waals surface area contributed by atoms with Crippen LogP contribution in [-0.2, 0) is 4.74 Å². The summed E-state index contributed by atoms with van der Waals surface area (Å²) in [6.45, 7) is 5.22. The zero-order valence-electron chi connectivity index (χ0n) is 13.1. The molecule has 6 heteroatoms. The number of likely N-dealkylation sites (tertiary alicyclic amines) is 1. The van der Waals surface area contributed by atoms with Crippen molar-refractivity contribution in [1.29, 1.82) is 0 Å². The van der Waals surface area contributed by atoms with E-state index in [-0.39, 0.29) is 11.3 Å². The summed E-state index contributed by atoms with van der Waals surface area (Å²) in [5.41, 5.74) is 2.98. The van der Waals surface area contributed by atoms with Gasteiger partial charge in [0.15, 0.2) is 0 Å². The minimum Gasteiger partial charge on any atom is -0.381 e. The van der Waals surface area contributed by atoms with Crippen LogP contribution in [0.5, 0.6) is 0 Å². The predicted octanol–water partition coefficient (Wildman–Crippen LogP) is 2.77. The summed E-state index contributed by atoms with van der Waals surface area (Å²) >= 11 is 1.20. The minimum absolute atomic E-state index is 0.0574. The molecule has 2 fully saturated rings. The molecule has 5 nitrogen and oxygen atoms in total. The maximum Gasteiger partial charge on any atom is 0.267 e. The van der Waals surface area contributed by atoms with Crippen LogP contribution in [0.25, 0.3) is 11.3 Å². The Kier molecular flexibility index (Phi) is 3.66. The molecule has 0 N–H and O–H groups in total. The van der Waals surface area contributed by atoms with E-state index in [1.807, 2.05) is 36.1 Å². The maximum absolute atomic E-state index is 13.0. The van der Waals surface area contributed by atoms with E-state index in [1.54, 1.807) is 0 Å². The molecular weight excluding hydrogens is 310 g/mol. The fourth-order valence-electron chi connectivity index (χ4n) is 3.57. The summed E-state index contributed by atoms with van der Waals surface area (Å²) in [7, 11) is 0. The first-order chi connectivity index (χ1) is 11.2. The van der Waals surface area contributed by atoms with Crippen LogP contribution >= 0.6 is 11.5 Å². The summed E-state index contributed by atoms with van der Waals surface area (Å²) in [5.74, 6) is 0.0574. The van der Waals surface area contributed by atoms with Crippen molar-refractivity contribution in [3.8, 4) is 11.3 Å². The van der Waals surface area contributed by atoms with Gasteiger partial charge in [0.25, 0.3) is 5.91 Å². The van der Waals surface area contributed by atoms with Gasteiger partial charge in [0.1, 0.15) is 10.6 Å². The van der Waals surface area contributed by atoms with Crippen LogP contribution in [0.1, 0.15) is 28.1 Å². The monoisotopic (exact) mass is 329 g/mol. The van der Waals surface area contributed by atoms with Gasteiger partial charge >= 0.3 is 0 Å². The number of amides is 1. The Balaban J connectivity index is 1.61. The molecule has 0 saturated carbocycles. The van der Waals surface area contributed by atoms with Crippen LogP contribution in [0.15, 0.2) is 24.3 Å². The van der Waals surface area contributed by atoms with Crippen molar-refractivity contribution in [3.63, 3.8) is 0 Å². The lowest BCUT2D eigenvalue weighted by Gasteiger charge is -2.21. The van der Waals surface area contributed by atoms with Crippen molar-refractivity contribution in [2.45, 2.75) is 19.8 Å². The first kappa shape index (κ1) is 14.8. The summed E-state index contributed by atoms with van der Waals surface area (Å²) in [6.07, 6.45) is 2.09. The highest BCUT2D eigenvalue weighted by Crippen LogP contribution is 2.39. The molecule has 120 valence electrons. The van der Waals surface area contributed by atoms with Gasteiger partial charge in [0, 0.05) is 30.7 Å². The summed E-state index contributed by atoms with van der Waals surface area (Å²) in [6, 6.07) is 7.99. The third-order valence-corrected chi connectivity index (χ3v) is 5.71. The molecule has 23 heavy (non-hydrogen) atoms. The number of nitrogens with zero attached hydrogens (tertiary/aromatic N) is 3. The van der Waals surface area contributed by atoms with Gasteiger partial charge in [-0.2, -0.15) is 0 Å². The van der Waals surface area contributed by atoms with Crippen molar-refractivity contribution in [1.82, 2.24) is 14.5 Å². The van der Waals surface area contributed by atoms with E-state index in [0.717, 1.165) is 50.3 Å². The molecule has 1 aromatic carbocycles. The van der Waals surface area contributed by atoms with Crippen LogP contribution in [0.2, 0.25) is 0 Å². The van der Waals surface area contributed by atoms with Gasteiger partial charge in [-0.05, 0) is 36.9 Å². The third-order valence-electron chi connectivity index (χ3n) is 4.99. The number of aromatic nitrogens is 2. The molecule has 1 atom stereocenters. The van der Waals surface area contributed by atoms with Gasteiger partial charge in [-0.3, -0.25) is 4.79 Å². The second-order valence-electron chi connectivity index (χ2n) is 6.54. The van der Waals surface area contributed by atoms with Gasteiger partial charge < -0.3 is 9.64 Å². The van der Waals surface area contributed by atoms with Gasteiger partial charge in [-0.25, -0.2) is 0 Å². The number of hydrogen-bond donors (Lipinski definition) is 0. The molecule has 1 amide bonds. The Bertz CT molecular complexity index is 737. The zero-order valence-corrected chi connectivity index (χ0v) is 13.9. The van der Waals surface area contributed by atoms with Crippen LogP contribution < -0.4 is 0 Å². The van der Waals surface area contributed by atoms with E-state index in [0.29, 0.717) is 10.6 Å². The van der Waals surface area contributed by atoms with E-state index in [9.17, 15) is 4.79 Å². The number of carbonyl (C=O) groups excluding carboxylic acids is 1. The lowest BCUT2D eigenvalue weighted by molar-refractivity contribution is 0.0771. The van der Waals surface area contributed by atoms with Crippen LogP contribution in [-0.4, -0.2) is 46.7 Å². The van der Waals surface area contributed by atoms with E-state index in [2.05, 4.69) is 9.59 Å². The normalized spacial score (nSPS) is 23.8. The Morgan fingerprint density at radius 1 is 1.35 bits per heavy atom. The van der Waals surface area contributed by atoms with Crippen LogP contribution in [0, 0.1) is 12.3 Å². The minimum atomic E-state index is 0.0574. The van der Waals surface area contributed by atoms with Crippen molar-refractivity contribution in [3.05, 3.63) is 34.7 Å². The number of hydrogen-bond acceptors (Lipinski definition) is 5. The molecule has 3 heterocycles.